The molecule has 0 bridgehead atoms. The molecule has 0 aromatic carbocycles. The van der Waals surface area contributed by atoms with Crippen molar-refractivity contribution in [2.75, 3.05) is 0 Å². The minimum Gasteiger partial charge on any atom is -0.326 e. The maximum atomic E-state index is 5.54. The van der Waals surface area contributed by atoms with Crippen LogP contribution >= 0.6 is 0 Å². The summed E-state index contributed by atoms with van der Waals surface area (Å²) in [5.41, 5.74) is 7.44. The largest absolute Gasteiger partial charge is 0.326 e. The van der Waals surface area contributed by atoms with Gasteiger partial charge in [0.05, 0.1) is 0 Å². The van der Waals surface area contributed by atoms with E-state index < -0.39 is 0 Å². The van der Waals surface area contributed by atoms with Crippen LogP contribution in [0, 0.1) is 0 Å². The predicted octanol–water partition coefficient (Wildman–Crippen LogP) is 0.745. The molecule has 1 aliphatic heterocycles. The minimum absolute atomic E-state index is 0.519. The summed E-state index contributed by atoms with van der Waals surface area (Å²) in [6.07, 6.45) is 3.97. The zero-order valence-electron chi connectivity index (χ0n) is 8.93. The van der Waals surface area contributed by atoms with E-state index in [2.05, 4.69) is 19.7 Å². The summed E-state index contributed by atoms with van der Waals surface area (Å²) >= 11 is 0. The normalized spacial score (nSPS) is 14.1. The number of hydrogen-bond acceptors (Lipinski definition) is 4. The van der Waals surface area contributed by atoms with Gasteiger partial charge in [0.25, 0.3) is 0 Å². The first-order chi connectivity index (χ1) is 7.88. The van der Waals surface area contributed by atoms with Gasteiger partial charge in [0.15, 0.2) is 5.82 Å². The Morgan fingerprint density at radius 1 is 1.31 bits per heavy atom. The smallest absolute Gasteiger partial charge is 0.182 e. The van der Waals surface area contributed by atoms with Crippen molar-refractivity contribution < 1.29 is 0 Å². The van der Waals surface area contributed by atoms with Crippen LogP contribution in [0.15, 0.2) is 18.3 Å². The number of rotatable bonds is 2. The van der Waals surface area contributed by atoms with Gasteiger partial charge in [-0.25, -0.2) is 0 Å². The molecule has 1 aliphatic rings. The highest BCUT2D eigenvalue weighted by atomic mass is 15.3. The highest BCUT2D eigenvalue weighted by Crippen LogP contribution is 2.21. The minimum atomic E-state index is 0.519. The Kier molecular flexibility index (Phi) is 2.18. The molecule has 0 fully saturated rings. The third-order valence-electron chi connectivity index (χ3n) is 2.90. The average molecular weight is 215 g/mol. The van der Waals surface area contributed by atoms with Crippen LogP contribution in [-0.4, -0.2) is 19.7 Å². The number of nitrogens with zero attached hydrogens (tertiary/aromatic N) is 4. The second-order valence-electron chi connectivity index (χ2n) is 3.95. The van der Waals surface area contributed by atoms with Gasteiger partial charge in [0.2, 0.25) is 0 Å². The van der Waals surface area contributed by atoms with Crippen LogP contribution in [0.5, 0.6) is 0 Å². The quantitative estimate of drug-likeness (QED) is 0.802. The van der Waals surface area contributed by atoms with E-state index in [-0.39, 0.29) is 0 Å². The highest BCUT2D eigenvalue weighted by Gasteiger charge is 2.18. The number of fused-ring (bicyclic) bond motifs is 1. The number of aryl methyl sites for hydroxylation is 1. The maximum absolute atomic E-state index is 5.54. The molecule has 2 N–H and O–H groups in total. The zero-order chi connectivity index (χ0) is 11.0. The molecular formula is C11H13N5. The molecule has 2 aromatic heterocycles. The Bertz CT molecular complexity index is 500. The first-order valence-corrected chi connectivity index (χ1v) is 5.46. The van der Waals surface area contributed by atoms with Crippen molar-refractivity contribution in [3.05, 3.63) is 29.7 Å². The van der Waals surface area contributed by atoms with Crippen molar-refractivity contribution in [3.63, 3.8) is 0 Å². The molecule has 0 amide bonds. The fourth-order valence-electron chi connectivity index (χ4n) is 2.02. The van der Waals surface area contributed by atoms with Crippen LogP contribution in [0.1, 0.15) is 17.8 Å². The van der Waals surface area contributed by atoms with E-state index in [0.717, 1.165) is 42.3 Å². The van der Waals surface area contributed by atoms with Crippen LogP contribution in [0.4, 0.5) is 0 Å². The summed E-state index contributed by atoms with van der Waals surface area (Å²) in [6, 6.07) is 3.94. The number of nitrogens with two attached hydrogens (primary N) is 1. The van der Waals surface area contributed by atoms with Crippen LogP contribution in [0.3, 0.4) is 0 Å². The summed E-state index contributed by atoms with van der Waals surface area (Å²) in [5.74, 6) is 1.94. The van der Waals surface area contributed by atoms with E-state index in [9.17, 15) is 0 Å². The van der Waals surface area contributed by atoms with Crippen LogP contribution in [-0.2, 0) is 19.5 Å². The van der Waals surface area contributed by atoms with Gasteiger partial charge in [0, 0.05) is 25.7 Å². The summed E-state index contributed by atoms with van der Waals surface area (Å²) in [7, 11) is 0. The number of hydrogen-bond donors (Lipinski definition) is 1. The van der Waals surface area contributed by atoms with Crippen LogP contribution in [0.25, 0.3) is 11.5 Å². The van der Waals surface area contributed by atoms with Gasteiger partial charge >= 0.3 is 0 Å². The standard InChI is InChI=1S/C11H13N5/c12-6-8-3-4-9(13-7-8)11-15-14-10-2-1-5-16(10)11/h3-4,7H,1-2,5-6,12H2. The molecule has 0 saturated heterocycles. The zero-order valence-corrected chi connectivity index (χ0v) is 8.93. The Morgan fingerprint density at radius 3 is 3.00 bits per heavy atom. The second kappa shape index (κ2) is 3.68. The second-order valence-corrected chi connectivity index (χ2v) is 3.95. The highest BCUT2D eigenvalue weighted by molar-refractivity contribution is 5.50. The molecule has 3 heterocycles. The molecular weight excluding hydrogens is 202 g/mol. The molecule has 82 valence electrons. The molecule has 0 atom stereocenters. The van der Waals surface area contributed by atoms with Crippen LogP contribution in [0.2, 0.25) is 0 Å². The van der Waals surface area contributed by atoms with Crippen molar-refractivity contribution in [1.29, 1.82) is 0 Å². The van der Waals surface area contributed by atoms with E-state index in [1.54, 1.807) is 6.20 Å². The summed E-state index contributed by atoms with van der Waals surface area (Å²) < 4.78 is 2.14. The SMILES string of the molecule is NCc1ccc(-c2nnc3n2CCC3)nc1. The van der Waals surface area contributed by atoms with E-state index in [4.69, 9.17) is 5.73 Å². The third-order valence-corrected chi connectivity index (χ3v) is 2.90. The van der Waals surface area contributed by atoms with E-state index in [1.807, 2.05) is 12.1 Å². The lowest BCUT2D eigenvalue weighted by Gasteiger charge is -2.02. The Morgan fingerprint density at radius 2 is 2.25 bits per heavy atom. The van der Waals surface area contributed by atoms with Gasteiger partial charge in [-0.15, -0.1) is 10.2 Å². The van der Waals surface area contributed by atoms with Gasteiger partial charge in [-0.3, -0.25) is 4.98 Å². The predicted molar refractivity (Wildman–Crippen MR) is 59.5 cm³/mol. The van der Waals surface area contributed by atoms with E-state index in [1.165, 1.54) is 0 Å². The van der Waals surface area contributed by atoms with E-state index in [0.29, 0.717) is 6.54 Å². The topological polar surface area (TPSA) is 69.6 Å². The van der Waals surface area contributed by atoms with Gasteiger partial charge in [-0.05, 0) is 18.1 Å². The van der Waals surface area contributed by atoms with Gasteiger partial charge in [0.1, 0.15) is 11.5 Å². The first kappa shape index (κ1) is 9.47. The monoisotopic (exact) mass is 215 g/mol. The molecule has 2 aromatic rings. The van der Waals surface area contributed by atoms with Gasteiger partial charge in [-0.2, -0.15) is 0 Å². The lowest BCUT2D eigenvalue weighted by molar-refractivity contribution is 0.746. The molecule has 0 aliphatic carbocycles. The van der Waals surface area contributed by atoms with Crippen molar-refractivity contribution in [3.8, 4) is 11.5 Å². The Labute approximate surface area is 93.3 Å². The number of pyridine rings is 1. The number of aromatic nitrogens is 4. The van der Waals surface area contributed by atoms with Gasteiger partial charge in [-0.1, -0.05) is 6.07 Å². The summed E-state index contributed by atoms with van der Waals surface area (Å²) in [4.78, 5) is 4.37. The Balaban J connectivity index is 2.01. The van der Waals surface area contributed by atoms with Crippen molar-refractivity contribution in [1.82, 2.24) is 19.7 Å². The fourth-order valence-corrected chi connectivity index (χ4v) is 2.02. The molecule has 3 rings (SSSR count). The molecule has 0 unspecified atom stereocenters. The van der Waals surface area contributed by atoms with Crippen molar-refractivity contribution >= 4 is 0 Å². The molecule has 16 heavy (non-hydrogen) atoms. The lowest BCUT2D eigenvalue weighted by Crippen LogP contribution is -2.00. The molecule has 5 nitrogen and oxygen atoms in total. The Hall–Kier alpha value is -1.75. The first-order valence-electron chi connectivity index (χ1n) is 5.46. The van der Waals surface area contributed by atoms with Gasteiger partial charge < -0.3 is 10.3 Å². The molecule has 0 saturated carbocycles. The lowest BCUT2D eigenvalue weighted by atomic mass is 10.2. The van der Waals surface area contributed by atoms with E-state index >= 15 is 0 Å². The third kappa shape index (κ3) is 1.40. The fraction of sp³-hybridized carbons (Fsp3) is 0.364. The molecule has 0 spiro atoms. The molecule has 0 radical (unpaired) electrons. The molecule has 5 heteroatoms. The van der Waals surface area contributed by atoms with Crippen LogP contribution < -0.4 is 5.73 Å². The maximum Gasteiger partial charge on any atom is 0.182 e. The van der Waals surface area contributed by atoms with Crippen molar-refractivity contribution in [2.24, 2.45) is 5.73 Å². The summed E-state index contributed by atoms with van der Waals surface area (Å²) in [5, 5.41) is 8.35. The summed E-state index contributed by atoms with van der Waals surface area (Å²) in [6.45, 7) is 1.52. The average Bonchev–Trinajstić information content (AvgIpc) is 2.91. The van der Waals surface area contributed by atoms with Crippen molar-refractivity contribution in [2.45, 2.75) is 25.9 Å².